The summed E-state index contributed by atoms with van der Waals surface area (Å²) in [5, 5.41) is 0.157. The molecule has 1 aromatic carbocycles. The Labute approximate surface area is 98.7 Å². The molecule has 0 bridgehead atoms. The van der Waals surface area contributed by atoms with Crippen LogP contribution in [-0.2, 0) is 0 Å². The lowest BCUT2D eigenvalue weighted by molar-refractivity contribution is 0.506. The lowest BCUT2D eigenvalue weighted by atomic mass is 9.92. The molecule has 0 amide bonds. The summed E-state index contributed by atoms with van der Waals surface area (Å²) in [5.41, 5.74) is 3.91. The van der Waals surface area contributed by atoms with Crippen molar-refractivity contribution in [3.8, 4) is 0 Å². The molecule has 0 aromatic heterocycles. The molecule has 0 N–H and O–H groups in total. The van der Waals surface area contributed by atoms with E-state index in [1.165, 1.54) is 29.5 Å². The molecule has 1 rings (SSSR count). The van der Waals surface area contributed by atoms with Crippen LogP contribution in [0.4, 0.5) is 0 Å². The van der Waals surface area contributed by atoms with Gasteiger partial charge in [0, 0.05) is 0 Å². The molecule has 2 atom stereocenters. The number of rotatable bonds is 4. The number of alkyl halides is 1. The molecule has 15 heavy (non-hydrogen) atoms. The second-order valence-corrected chi connectivity index (χ2v) is 5.00. The Hall–Kier alpha value is -0.490. The molecular weight excluding hydrogens is 204 g/mol. The summed E-state index contributed by atoms with van der Waals surface area (Å²) in [5.74, 6) is 0.553. The van der Waals surface area contributed by atoms with E-state index in [0.29, 0.717) is 5.92 Å². The van der Waals surface area contributed by atoms with Gasteiger partial charge in [0.25, 0.3) is 0 Å². The Kier molecular flexibility index (Phi) is 4.66. The highest BCUT2D eigenvalue weighted by molar-refractivity contribution is 6.21. The first-order valence-corrected chi connectivity index (χ1v) is 6.21. The highest BCUT2D eigenvalue weighted by atomic mass is 35.5. The fourth-order valence-electron chi connectivity index (χ4n) is 1.97. The summed E-state index contributed by atoms with van der Waals surface area (Å²) in [7, 11) is 0. The van der Waals surface area contributed by atoms with Crippen LogP contribution in [0.3, 0.4) is 0 Å². The minimum atomic E-state index is 0.157. The molecule has 2 unspecified atom stereocenters. The van der Waals surface area contributed by atoms with E-state index in [-0.39, 0.29) is 5.38 Å². The molecule has 0 saturated carbocycles. The second kappa shape index (κ2) is 5.55. The van der Waals surface area contributed by atoms with Crippen LogP contribution >= 0.6 is 11.6 Å². The topological polar surface area (TPSA) is 0 Å². The van der Waals surface area contributed by atoms with Crippen LogP contribution in [-0.4, -0.2) is 0 Å². The fraction of sp³-hybridized carbons (Fsp3) is 0.571. The van der Waals surface area contributed by atoms with E-state index in [1.54, 1.807) is 0 Å². The largest absolute Gasteiger partial charge is 0.118 e. The van der Waals surface area contributed by atoms with Gasteiger partial charge in [-0.3, -0.25) is 0 Å². The summed E-state index contributed by atoms with van der Waals surface area (Å²) in [4.78, 5) is 0. The Morgan fingerprint density at radius 1 is 1.27 bits per heavy atom. The van der Waals surface area contributed by atoms with E-state index in [4.69, 9.17) is 11.6 Å². The Balaban J connectivity index is 2.89. The van der Waals surface area contributed by atoms with Gasteiger partial charge < -0.3 is 0 Å². The van der Waals surface area contributed by atoms with Crippen LogP contribution in [0, 0.1) is 19.8 Å². The minimum Gasteiger partial charge on any atom is -0.118 e. The summed E-state index contributed by atoms with van der Waals surface area (Å²) >= 11 is 6.51. The van der Waals surface area contributed by atoms with Crippen LogP contribution in [0.5, 0.6) is 0 Å². The lowest BCUT2D eigenvalue weighted by Gasteiger charge is -2.20. The monoisotopic (exact) mass is 224 g/mol. The van der Waals surface area contributed by atoms with Crippen molar-refractivity contribution in [1.29, 1.82) is 0 Å². The zero-order valence-electron chi connectivity index (χ0n) is 10.2. The fourth-order valence-corrected chi connectivity index (χ4v) is 2.33. The van der Waals surface area contributed by atoms with E-state index in [2.05, 4.69) is 45.9 Å². The van der Waals surface area contributed by atoms with Crippen molar-refractivity contribution in [2.75, 3.05) is 0 Å². The van der Waals surface area contributed by atoms with Crippen molar-refractivity contribution in [3.05, 3.63) is 34.9 Å². The standard InChI is InChI=1S/C14H21Cl/c1-5-6-12(4)14(15)13-9-10(2)7-8-11(13)3/h7-9,12,14H,5-6H2,1-4H3. The maximum absolute atomic E-state index is 6.51. The molecule has 0 heterocycles. The van der Waals surface area contributed by atoms with Gasteiger partial charge in [0.1, 0.15) is 0 Å². The van der Waals surface area contributed by atoms with Crippen molar-refractivity contribution < 1.29 is 0 Å². The van der Waals surface area contributed by atoms with Gasteiger partial charge in [-0.15, -0.1) is 11.6 Å². The third kappa shape index (κ3) is 3.24. The molecule has 0 fully saturated rings. The molecule has 84 valence electrons. The van der Waals surface area contributed by atoms with Gasteiger partial charge in [0.15, 0.2) is 0 Å². The maximum Gasteiger partial charge on any atom is 0.0613 e. The van der Waals surface area contributed by atoms with Gasteiger partial charge in [-0.25, -0.2) is 0 Å². The van der Waals surface area contributed by atoms with Crippen LogP contribution in [0.2, 0.25) is 0 Å². The average Bonchev–Trinajstić information content (AvgIpc) is 2.21. The molecule has 0 aliphatic carbocycles. The maximum atomic E-state index is 6.51. The summed E-state index contributed by atoms with van der Waals surface area (Å²) in [6.45, 7) is 8.71. The van der Waals surface area contributed by atoms with Crippen LogP contribution in [0.25, 0.3) is 0 Å². The molecule has 0 aliphatic rings. The van der Waals surface area contributed by atoms with Crippen molar-refractivity contribution in [3.63, 3.8) is 0 Å². The molecule has 0 saturated heterocycles. The second-order valence-electron chi connectivity index (χ2n) is 4.53. The zero-order valence-corrected chi connectivity index (χ0v) is 10.9. The SMILES string of the molecule is CCCC(C)C(Cl)c1cc(C)ccc1C. The molecule has 0 spiro atoms. The van der Waals surface area contributed by atoms with Crippen molar-refractivity contribution in [1.82, 2.24) is 0 Å². The molecular formula is C14H21Cl. The molecule has 1 aromatic rings. The van der Waals surface area contributed by atoms with Crippen LogP contribution in [0.1, 0.15) is 48.8 Å². The van der Waals surface area contributed by atoms with Crippen molar-refractivity contribution in [2.24, 2.45) is 5.92 Å². The van der Waals surface area contributed by atoms with Gasteiger partial charge in [-0.1, -0.05) is 44.0 Å². The molecule has 0 nitrogen and oxygen atoms in total. The van der Waals surface area contributed by atoms with Crippen molar-refractivity contribution in [2.45, 2.75) is 45.9 Å². The third-order valence-electron chi connectivity index (χ3n) is 2.98. The van der Waals surface area contributed by atoms with E-state index in [1.807, 2.05) is 0 Å². The number of benzene rings is 1. The predicted octanol–water partition coefficient (Wildman–Crippen LogP) is 5.02. The first kappa shape index (κ1) is 12.6. The first-order valence-electron chi connectivity index (χ1n) is 5.77. The van der Waals surface area contributed by atoms with Crippen molar-refractivity contribution >= 4 is 11.6 Å². The van der Waals surface area contributed by atoms with Gasteiger partial charge >= 0.3 is 0 Å². The summed E-state index contributed by atoms with van der Waals surface area (Å²) < 4.78 is 0. The highest BCUT2D eigenvalue weighted by Gasteiger charge is 2.17. The number of aryl methyl sites for hydroxylation is 2. The van der Waals surface area contributed by atoms with Crippen LogP contribution in [0.15, 0.2) is 18.2 Å². The van der Waals surface area contributed by atoms with Gasteiger partial charge in [0.2, 0.25) is 0 Å². The minimum absolute atomic E-state index is 0.157. The normalized spacial score (nSPS) is 15.0. The lowest BCUT2D eigenvalue weighted by Crippen LogP contribution is -2.05. The smallest absolute Gasteiger partial charge is 0.0613 e. The van der Waals surface area contributed by atoms with E-state index < -0.39 is 0 Å². The Morgan fingerprint density at radius 3 is 2.53 bits per heavy atom. The number of hydrogen-bond donors (Lipinski definition) is 0. The molecule has 1 heteroatoms. The third-order valence-corrected chi connectivity index (χ3v) is 3.64. The summed E-state index contributed by atoms with van der Waals surface area (Å²) in [6, 6.07) is 6.53. The summed E-state index contributed by atoms with van der Waals surface area (Å²) in [6.07, 6.45) is 2.40. The Bertz CT molecular complexity index is 317. The van der Waals surface area contributed by atoms with Gasteiger partial charge in [0.05, 0.1) is 5.38 Å². The van der Waals surface area contributed by atoms with E-state index in [0.717, 1.165) is 0 Å². The highest BCUT2D eigenvalue weighted by Crippen LogP contribution is 2.33. The zero-order chi connectivity index (χ0) is 11.4. The average molecular weight is 225 g/mol. The predicted molar refractivity (Wildman–Crippen MR) is 68.6 cm³/mol. The first-order chi connectivity index (χ1) is 7.06. The van der Waals surface area contributed by atoms with E-state index in [9.17, 15) is 0 Å². The van der Waals surface area contributed by atoms with Gasteiger partial charge in [-0.2, -0.15) is 0 Å². The quantitative estimate of drug-likeness (QED) is 0.630. The van der Waals surface area contributed by atoms with Crippen LogP contribution < -0.4 is 0 Å². The number of hydrogen-bond acceptors (Lipinski definition) is 0. The molecule has 0 aliphatic heterocycles. The Morgan fingerprint density at radius 2 is 1.93 bits per heavy atom. The molecule has 0 radical (unpaired) electrons. The number of halogens is 1. The van der Waals surface area contributed by atoms with Gasteiger partial charge in [-0.05, 0) is 37.3 Å². The van der Waals surface area contributed by atoms with E-state index >= 15 is 0 Å².